The van der Waals surface area contributed by atoms with Gasteiger partial charge in [0, 0.05) is 13.9 Å². The van der Waals surface area contributed by atoms with Crippen molar-refractivity contribution in [3.8, 4) is 0 Å². The van der Waals surface area contributed by atoms with Crippen LogP contribution in [0.5, 0.6) is 0 Å². The SMILES string of the molecule is [B][B]n1cc(S(=O)(=O)c2ccc(F)cc2)nn1. The van der Waals surface area contributed by atoms with Gasteiger partial charge >= 0.3 is 0 Å². The molecule has 1 aromatic carbocycles. The van der Waals surface area contributed by atoms with Gasteiger partial charge in [0.15, 0.2) is 0 Å². The molecule has 1 aromatic heterocycles. The minimum Gasteiger partial charge on any atom is -0.313 e. The van der Waals surface area contributed by atoms with Crippen molar-refractivity contribution in [2.75, 3.05) is 0 Å². The molecular formula is C8H5B2FN3O2S. The Hall–Kier alpha value is -1.63. The van der Waals surface area contributed by atoms with E-state index in [1.54, 1.807) is 0 Å². The summed E-state index contributed by atoms with van der Waals surface area (Å²) in [4.78, 5) is -0.0528. The Kier molecular flexibility index (Phi) is 3.01. The molecule has 0 aliphatic heterocycles. The minimum atomic E-state index is -3.78. The van der Waals surface area contributed by atoms with Crippen LogP contribution in [0.2, 0.25) is 0 Å². The van der Waals surface area contributed by atoms with Gasteiger partial charge in [0.2, 0.25) is 22.2 Å². The number of halogens is 1. The van der Waals surface area contributed by atoms with Gasteiger partial charge in [0.25, 0.3) is 0 Å². The average Bonchev–Trinajstić information content (AvgIpc) is 2.78. The Balaban J connectivity index is 2.46. The summed E-state index contributed by atoms with van der Waals surface area (Å²) in [5.41, 5.74) is 0. The molecule has 0 saturated carbocycles. The summed E-state index contributed by atoms with van der Waals surface area (Å²) in [6.07, 6.45) is 1.17. The second-order valence-corrected chi connectivity index (χ2v) is 5.04. The van der Waals surface area contributed by atoms with Gasteiger partial charge in [0.1, 0.15) is 5.82 Å². The zero-order chi connectivity index (χ0) is 12.5. The first-order chi connectivity index (χ1) is 8.04. The largest absolute Gasteiger partial charge is 0.313 e. The van der Waals surface area contributed by atoms with Crippen LogP contribution >= 0.6 is 0 Å². The van der Waals surface area contributed by atoms with Gasteiger partial charge in [-0.3, -0.25) is 0 Å². The Morgan fingerprint density at radius 3 is 2.47 bits per heavy atom. The topological polar surface area (TPSA) is 64.8 Å². The third kappa shape index (κ3) is 2.23. The van der Waals surface area contributed by atoms with E-state index in [4.69, 9.17) is 7.74 Å². The predicted octanol–water partition coefficient (Wildman–Crippen LogP) is -0.199. The summed E-state index contributed by atoms with van der Waals surface area (Å²) in [7, 11) is 2.44. The molecule has 9 heteroatoms. The van der Waals surface area contributed by atoms with Gasteiger partial charge in [-0.2, -0.15) is 0 Å². The van der Waals surface area contributed by atoms with E-state index in [2.05, 4.69) is 10.3 Å². The molecule has 0 atom stereocenters. The second-order valence-electron chi connectivity index (χ2n) is 3.14. The Morgan fingerprint density at radius 2 is 1.94 bits per heavy atom. The molecule has 0 amide bonds. The van der Waals surface area contributed by atoms with Crippen LogP contribution in [0.15, 0.2) is 40.4 Å². The van der Waals surface area contributed by atoms with E-state index in [-0.39, 0.29) is 9.92 Å². The van der Waals surface area contributed by atoms with Crippen molar-refractivity contribution >= 4 is 24.9 Å². The van der Waals surface area contributed by atoms with E-state index >= 15 is 0 Å². The van der Waals surface area contributed by atoms with Crippen molar-refractivity contribution in [1.82, 2.24) is 14.9 Å². The third-order valence-electron chi connectivity index (χ3n) is 2.04. The van der Waals surface area contributed by atoms with Crippen molar-refractivity contribution in [1.29, 1.82) is 0 Å². The van der Waals surface area contributed by atoms with E-state index in [1.807, 2.05) is 0 Å². The smallest absolute Gasteiger partial charge is 0.227 e. The van der Waals surface area contributed by atoms with Crippen molar-refractivity contribution in [3.05, 3.63) is 36.3 Å². The number of aromatic nitrogens is 3. The third-order valence-corrected chi connectivity index (χ3v) is 3.67. The van der Waals surface area contributed by atoms with E-state index in [0.29, 0.717) is 0 Å². The summed E-state index contributed by atoms with van der Waals surface area (Å²) in [5.74, 6) is -0.511. The van der Waals surface area contributed by atoms with Gasteiger partial charge in [0.05, 0.1) is 4.90 Å². The maximum Gasteiger partial charge on any atom is 0.227 e. The van der Waals surface area contributed by atoms with Crippen molar-refractivity contribution in [3.63, 3.8) is 0 Å². The van der Waals surface area contributed by atoms with Gasteiger partial charge in [-0.1, -0.05) is 5.21 Å². The van der Waals surface area contributed by atoms with Gasteiger partial charge in [-0.25, -0.2) is 12.8 Å². The monoisotopic (exact) mass is 248 g/mol. The van der Waals surface area contributed by atoms with Crippen LogP contribution < -0.4 is 0 Å². The lowest BCUT2D eigenvalue weighted by Crippen LogP contribution is -2.06. The van der Waals surface area contributed by atoms with Crippen LogP contribution in [0.1, 0.15) is 0 Å². The van der Waals surface area contributed by atoms with E-state index in [0.717, 1.165) is 36.2 Å². The van der Waals surface area contributed by atoms with E-state index in [9.17, 15) is 12.8 Å². The molecule has 2 aromatic rings. The molecule has 5 nitrogen and oxygen atoms in total. The molecule has 83 valence electrons. The molecule has 0 spiro atoms. The van der Waals surface area contributed by atoms with Gasteiger partial charge < -0.3 is 4.59 Å². The van der Waals surface area contributed by atoms with Crippen LogP contribution in [0.25, 0.3) is 0 Å². The predicted molar refractivity (Wildman–Crippen MR) is 58.8 cm³/mol. The maximum absolute atomic E-state index is 12.7. The van der Waals surface area contributed by atoms with Crippen molar-refractivity contribution in [2.45, 2.75) is 9.92 Å². The fourth-order valence-corrected chi connectivity index (χ4v) is 2.32. The standard InChI is InChI=1S/C8H5B2FN3O2S/c9-10-14-5-8(12-13-14)17(15,16)7-3-1-6(11)2-4-7/h1-5H. The number of hydrogen-bond donors (Lipinski definition) is 0. The number of hydrogen-bond acceptors (Lipinski definition) is 4. The van der Waals surface area contributed by atoms with Crippen LogP contribution in [0.3, 0.4) is 0 Å². The number of sulfone groups is 1. The molecule has 3 radical (unpaired) electrons. The Bertz CT molecular complexity index is 626. The molecule has 1 heterocycles. The molecule has 0 N–H and O–H groups in total. The lowest BCUT2D eigenvalue weighted by Gasteiger charge is -1.99. The fourth-order valence-electron chi connectivity index (χ4n) is 1.19. The number of nitrogens with zero attached hydrogens (tertiary/aromatic N) is 3. The minimum absolute atomic E-state index is 0.0528. The highest BCUT2D eigenvalue weighted by atomic mass is 32.2. The van der Waals surface area contributed by atoms with Crippen LogP contribution in [0, 0.1) is 5.82 Å². The molecule has 2 rings (SSSR count). The first-order valence-corrected chi connectivity index (χ1v) is 6.00. The summed E-state index contributed by atoms with van der Waals surface area (Å²) in [5, 5.41) is 6.71. The van der Waals surface area contributed by atoms with Crippen molar-refractivity contribution in [2.24, 2.45) is 0 Å². The Labute approximate surface area is 99.2 Å². The molecule has 0 bridgehead atoms. The fraction of sp³-hybridized carbons (Fsp3) is 0. The Morgan fingerprint density at radius 1 is 1.29 bits per heavy atom. The average molecular weight is 248 g/mol. The second kappa shape index (κ2) is 4.33. The first-order valence-electron chi connectivity index (χ1n) is 4.51. The molecule has 0 aliphatic rings. The molecular weight excluding hydrogens is 243 g/mol. The van der Waals surface area contributed by atoms with Crippen LogP contribution in [-0.4, -0.2) is 38.4 Å². The molecule has 0 saturated heterocycles. The highest BCUT2D eigenvalue weighted by Gasteiger charge is 2.21. The normalized spacial score (nSPS) is 11.4. The summed E-state index contributed by atoms with van der Waals surface area (Å²) >= 11 is 0. The van der Waals surface area contributed by atoms with Crippen LogP contribution in [-0.2, 0) is 9.84 Å². The highest BCUT2D eigenvalue weighted by Crippen LogP contribution is 2.18. The molecule has 17 heavy (non-hydrogen) atoms. The first kappa shape index (κ1) is 11.8. The molecule has 0 fully saturated rings. The lowest BCUT2D eigenvalue weighted by molar-refractivity contribution is 0.590. The number of benzene rings is 1. The molecule has 0 unspecified atom stereocenters. The highest BCUT2D eigenvalue weighted by molar-refractivity contribution is 7.91. The zero-order valence-electron chi connectivity index (χ0n) is 8.49. The summed E-state index contributed by atoms with van der Waals surface area (Å²) in [6.45, 7) is 0. The van der Waals surface area contributed by atoms with E-state index < -0.39 is 15.7 Å². The number of rotatable bonds is 3. The molecule has 0 aliphatic carbocycles. The van der Waals surface area contributed by atoms with Crippen LogP contribution in [0.4, 0.5) is 4.39 Å². The quantitative estimate of drug-likeness (QED) is 0.557. The van der Waals surface area contributed by atoms with E-state index in [1.165, 1.54) is 6.20 Å². The maximum atomic E-state index is 12.7. The summed E-state index contributed by atoms with van der Waals surface area (Å²) < 4.78 is 37.7. The van der Waals surface area contributed by atoms with Gasteiger partial charge in [-0.15, -0.1) is 5.10 Å². The zero-order valence-corrected chi connectivity index (χ0v) is 9.30. The lowest BCUT2D eigenvalue weighted by atomic mass is 9.67. The van der Waals surface area contributed by atoms with Gasteiger partial charge in [-0.05, 0) is 24.3 Å². The van der Waals surface area contributed by atoms with Crippen molar-refractivity contribution < 1.29 is 12.8 Å². The summed E-state index contributed by atoms with van der Waals surface area (Å²) in [6, 6.07) is 4.45.